The Morgan fingerprint density at radius 2 is 1.82 bits per heavy atom. The van der Waals surface area contributed by atoms with Gasteiger partial charge in [0.1, 0.15) is 18.9 Å². The smallest absolute Gasteiger partial charge is 0.254 e. The van der Waals surface area contributed by atoms with E-state index < -0.39 is 6.10 Å². The highest BCUT2D eigenvalue weighted by Gasteiger charge is 2.32. The van der Waals surface area contributed by atoms with Crippen LogP contribution in [0.1, 0.15) is 29.8 Å². The molecule has 0 radical (unpaired) electrons. The van der Waals surface area contributed by atoms with E-state index in [-0.39, 0.29) is 44.0 Å². The standard InChI is InChI=1S/C29H34N4O5/c1-4-31(5-2)28(35)20-38-25-17-32(16-21-8-11-24(37-3)12-9-21)27(34)19-33(18-25)29(36)23-10-13-26-22(15-23)7-6-14-30-26/h6-15,25H,4-5,16-20H2,1-3H3/t25-/m1/s1. The molecule has 2 heterocycles. The first-order valence-corrected chi connectivity index (χ1v) is 12.9. The van der Waals surface area contributed by atoms with E-state index in [2.05, 4.69) is 4.98 Å². The molecule has 4 rings (SSSR count). The van der Waals surface area contributed by atoms with E-state index in [1.165, 1.54) is 4.90 Å². The lowest BCUT2D eigenvalue weighted by Gasteiger charge is -2.26. The highest BCUT2D eigenvalue weighted by Crippen LogP contribution is 2.19. The Bertz CT molecular complexity index is 1280. The molecule has 38 heavy (non-hydrogen) atoms. The van der Waals surface area contributed by atoms with Gasteiger partial charge >= 0.3 is 0 Å². The van der Waals surface area contributed by atoms with E-state index in [0.29, 0.717) is 25.2 Å². The average Bonchev–Trinajstić information content (AvgIpc) is 3.10. The number of benzene rings is 2. The molecule has 2 aromatic carbocycles. The fraction of sp³-hybridized carbons (Fsp3) is 0.379. The molecule has 3 amide bonds. The zero-order valence-corrected chi connectivity index (χ0v) is 22.1. The maximum Gasteiger partial charge on any atom is 0.254 e. The largest absolute Gasteiger partial charge is 0.497 e. The highest BCUT2D eigenvalue weighted by molar-refractivity contribution is 5.99. The van der Waals surface area contributed by atoms with Gasteiger partial charge in [0.2, 0.25) is 11.8 Å². The summed E-state index contributed by atoms with van der Waals surface area (Å²) in [6.07, 6.45) is 1.18. The minimum atomic E-state index is -0.523. The van der Waals surface area contributed by atoms with Gasteiger partial charge in [0.05, 0.1) is 18.7 Å². The first-order chi connectivity index (χ1) is 18.4. The second-order valence-electron chi connectivity index (χ2n) is 9.22. The molecule has 0 saturated carbocycles. The summed E-state index contributed by atoms with van der Waals surface area (Å²) in [5, 5.41) is 0.846. The van der Waals surface area contributed by atoms with Crippen LogP contribution in [0.2, 0.25) is 0 Å². The number of hydrogen-bond donors (Lipinski definition) is 0. The number of methoxy groups -OCH3 is 1. The van der Waals surface area contributed by atoms with Crippen molar-refractivity contribution >= 4 is 28.6 Å². The predicted molar refractivity (Wildman–Crippen MR) is 144 cm³/mol. The normalized spacial score (nSPS) is 15.9. The molecule has 0 N–H and O–H groups in total. The highest BCUT2D eigenvalue weighted by atomic mass is 16.5. The number of aromatic nitrogens is 1. The molecular formula is C29H34N4O5. The quantitative estimate of drug-likeness (QED) is 0.433. The molecule has 1 atom stereocenters. The van der Waals surface area contributed by atoms with E-state index in [1.807, 2.05) is 50.2 Å². The molecule has 3 aromatic rings. The summed E-state index contributed by atoms with van der Waals surface area (Å²) in [4.78, 5) is 48.7. The zero-order chi connectivity index (χ0) is 27.1. The number of rotatable bonds is 9. The third-order valence-electron chi connectivity index (χ3n) is 6.76. The minimum Gasteiger partial charge on any atom is -0.497 e. The van der Waals surface area contributed by atoms with Gasteiger partial charge in [-0.3, -0.25) is 19.4 Å². The number of carbonyl (C=O) groups excluding carboxylic acids is 3. The summed E-state index contributed by atoms with van der Waals surface area (Å²) in [6.45, 7) is 5.65. The van der Waals surface area contributed by atoms with Crippen molar-refractivity contribution in [2.24, 2.45) is 0 Å². The van der Waals surface area contributed by atoms with Crippen molar-refractivity contribution < 1.29 is 23.9 Å². The van der Waals surface area contributed by atoms with Crippen molar-refractivity contribution in [3.05, 3.63) is 71.9 Å². The number of hydrogen-bond acceptors (Lipinski definition) is 6. The molecule has 0 spiro atoms. The van der Waals surface area contributed by atoms with Crippen LogP contribution >= 0.6 is 0 Å². The van der Waals surface area contributed by atoms with Gasteiger partial charge in [0.15, 0.2) is 0 Å². The van der Waals surface area contributed by atoms with Gasteiger partial charge in [-0.25, -0.2) is 0 Å². The molecule has 1 aliphatic heterocycles. The Balaban J connectivity index is 1.55. The number of nitrogens with zero attached hydrogens (tertiary/aromatic N) is 4. The maximum atomic E-state index is 13.6. The predicted octanol–water partition coefficient (Wildman–Crippen LogP) is 2.98. The fourth-order valence-electron chi connectivity index (χ4n) is 4.59. The Morgan fingerprint density at radius 3 is 2.53 bits per heavy atom. The molecule has 0 unspecified atom stereocenters. The van der Waals surface area contributed by atoms with E-state index in [0.717, 1.165) is 22.2 Å². The van der Waals surface area contributed by atoms with Gasteiger partial charge in [-0.15, -0.1) is 0 Å². The average molecular weight is 519 g/mol. The molecule has 9 heteroatoms. The number of carbonyl (C=O) groups is 3. The van der Waals surface area contributed by atoms with Crippen LogP contribution in [-0.4, -0.2) is 89.9 Å². The Kier molecular flexibility index (Phi) is 8.91. The molecule has 1 saturated heterocycles. The number of amides is 3. The van der Waals surface area contributed by atoms with Gasteiger partial charge in [0, 0.05) is 49.9 Å². The molecular weight excluding hydrogens is 484 g/mol. The van der Waals surface area contributed by atoms with E-state index >= 15 is 0 Å². The fourth-order valence-corrected chi connectivity index (χ4v) is 4.59. The minimum absolute atomic E-state index is 0.0794. The van der Waals surface area contributed by atoms with Crippen LogP contribution in [-0.2, 0) is 20.9 Å². The summed E-state index contributed by atoms with van der Waals surface area (Å²) in [5.41, 5.74) is 2.19. The first kappa shape index (κ1) is 27.1. The van der Waals surface area contributed by atoms with Crippen molar-refractivity contribution in [1.82, 2.24) is 19.7 Å². The van der Waals surface area contributed by atoms with Crippen LogP contribution < -0.4 is 4.74 Å². The third-order valence-corrected chi connectivity index (χ3v) is 6.76. The Morgan fingerprint density at radius 1 is 1.05 bits per heavy atom. The van der Waals surface area contributed by atoms with Crippen molar-refractivity contribution in [1.29, 1.82) is 0 Å². The molecule has 1 aliphatic rings. The van der Waals surface area contributed by atoms with Crippen LogP contribution in [0.5, 0.6) is 5.75 Å². The van der Waals surface area contributed by atoms with Crippen molar-refractivity contribution in [2.75, 3.05) is 46.4 Å². The number of pyridine rings is 1. The molecule has 200 valence electrons. The number of ether oxygens (including phenoxy) is 2. The summed E-state index contributed by atoms with van der Waals surface area (Å²) in [7, 11) is 1.60. The number of likely N-dealkylation sites (N-methyl/N-ethyl adjacent to an activating group) is 1. The summed E-state index contributed by atoms with van der Waals surface area (Å²) in [5.74, 6) is 0.165. The summed E-state index contributed by atoms with van der Waals surface area (Å²) in [6, 6.07) is 16.5. The van der Waals surface area contributed by atoms with E-state index in [1.54, 1.807) is 41.3 Å². The monoisotopic (exact) mass is 518 g/mol. The van der Waals surface area contributed by atoms with Crippen LogP contribution in [0, 0.1) is 0 Å². The van der Waals surface area contributed by atoms with Crippen LogP contribution in [0.25, 0.3) is 10.9 Å². The van der Waals surface area contributed by atoms with E-state index in [9.17, 15) is 14.4 Å². The summed E-state index contributed by atoms with van der Waals surface area (Å²) < 4.78 is 11.3. The molecule has 9 nitrogen and oxygen atoms in total. The second kappa shape index (κ2) is 12.5. The molecule has 0 aliphatic carbocycles. The molecule has 0 bridgehead atoms. The van der Waals surface area contributed by atoms with Crippen molar-refractivity contribution in [2.45, 2.75) is 26.5 Å². The Labute approximate surface area is 222 Å². The topological polar surface area (TPSA) is 92.3 Å². The lowest BCUT2D eigenvalue weighted by atomic mass is 10.1. The number of fused-ring (bicyclic) bond motifs is 1. The van der Waals surface area contributed by atoms with Crippen molar-refractivity contribution in [3.63, 3.8) is 0 Å². The second-order valence-corrected chi connectivity index (χ2v) is 9.22. The third kappa shape index (κ3) is 6.47. The van der Waals surface area contributed by atoms with Crippen LogP contribution in [0.4, 0.5) is 0 Å². The SMILES string of the molecule is CCN(CC)C(=O)CO[C@@H]1CN(Cc2ccc(OC)cc2)C(=O)CN(C(=O)c2ccc3ncccc3c2)C1. The van der Waals surface area contributed by atoms with Crippen molar-refractivity contribution in [3.8, 4) is 5.75 Å². The van der Waals surface area contributed by atoms with E-state index in [4.69, 9.17) is 9.47 Å². The van der Waals surface area contributed by atoms with Gasteiger partial charge < -0.3 is 24.2 Å². The van der Waals surface area contributed by atoms with Crippen LogP contribution in [0.15, 0.2) is 60.8 Å². The van der Waals surface area contributed by atoms with Gasteiger partial charge in [-0.05, 0) is 55.8 Å². The van der Waals surface area contributed by atoms with Gasteiger partial charge in [0.25, 0.3) is 5.91 Å². The molecule has 1 aromatic heterocycles. The molecule has 1 fully saturated rings. The zero-order valence-electron chi connectivity index (χ0n) is 22.1. The lowest BCUT2D eigenvalue weighted by molar-refractivity contribution is -0.138. The first-order valence-electron chi connectivity index (χ1n) is 12.9. The maximum absolute atomic E-state index is 13.6. The van der Waals surface area contributed by atoms with Gasteiger partial charge in [-0.1, -0.05) is 18.2 Å². The van der Waals surface area contributed by atoms with Crippen LogP contribution in [0.3, 0.4) is 0 Å². The lowest BCUT2D eigenvalue weighted by Crippen LogP contribution is -2.41. The summed E-state index contributed by atoms with van der Waals surface area (Å²) >= 11 is 0. The van der Waals surface area contributed by atoms with Gasteiger partial charge in [-0.2, -0.15) is 0 Å². The Hall–Kier alpha value is -3.98.